The molecule has 0 saturated carbocycles. The van der Waals surface area contributed by atoms with E-state index in [9.17, 15) is 4.79 Å². The molecule has 8 heteroatoms. The molecule has 0 spiro atoms. The normalized spacial score (nSPS) is 12.0. The summed E-state index contributed by atoms with van der Waals surface area (Å²) in [5.41, 5.74) is 1.15. The van der Waals surface area contributed by atoms with Crippen LogP contribution in [0.4, 0.5) is 0 Å². The van der Waals surface area contributed by atoms with Gasteiger partial charge in [-0.05, 0) is 30.3 Å². The van der Waals surface area contributed by atoms with Crippen LogP contribution in [0.2, 0.25) is 0 Å². The number of carbonyl (C=O) groups excluding carboxylic acids is 1. The van der Waals surface area contributed by atoms with Gasteiger partial charge in [-0.3, -0.25) is 4.79 Å². The molecule has 0 unspecified atom stereocenters. The highest BCUT2D eigenvalue weighted by molar-refractivity contribution is 5.94. The van der Waals surface area contributed by atoms with E-state index in [4.69, 9.17) is 18.6 Å². The molecule has 1 aliphatic rings. The minimum absolute atomic E-state index is 0.107. The van der Waals surface area contributed by atoms with Crippen LogP contribution in [-0.2, 0) is 6.54 Å². The highest BCUT2D eigenvalue weighted by atomic mass is 16.7. The molecule has 1 N–H and O–H groups in total. The van der Waals surface area contributed by atoms with Gasteiger partial charge in [0.15, 0.2) is 11.5 Å². The summed E-state index contributed by atoms with van der Waals surface area (Å²) in [5.74, 6) is 2.15. The van der Waals surface area contributed by atoms with E-state index in [0.29, 0.717) is 40.2 Å². The van der Waals surface area contributed by atoms with E-state index in [0.717, 1.165) is 0 Å². The van der Waals surface area contributed by atoms with Gasteiger partial charge in [0.2, 0.25) is 12.7 Å². The number of hydrogen-bond acceptors (Lipinski definition) is 7. The van der Waals surface area contributed by atoms with E-state index < -0.39 is 0 Å². The van der Waals surface area contributed by atoms with Crippen molar-refractivity contribution in [3.63, 3.8) is 0 Å². The Morgan fingerprint density at radius 3 is 2.88 bits per heavy atom. The van der Waals surface area contributed by atoms with Crippen LogP contribution in [0.1, 0.15) is 16.2 Å². The smallest absolute Gasteiger partial charge is 0.251 e. The Balaban J connectivity index is 1.44. The number of fused-ring (bicyclic) bond motifs is 1. The van der Waals surface area contributed by atoms with Crippen LogP contribution in [0, 0.1) is 0 Å². The molecule has 0 bridgehead atoms. The molecule has 1 amide bonds. The fourth-order valence-electron chi connectivity index (χ4n) is 2.55. The average Bonchev–Trinajstić information content (AvgIpc) is 3.34. The van der Waals surface area contributed by atoms with Crippen molar-refractivity contribution < 1.29 is 23.4 Å². The van der Waals surface area contributed by atoms with Gasteiger partial charge in [-0.25, -0.2) is 0 Å². The fraction of sp³-hybridized carbons (Fsp3) is 0.167. The summed E-state index contributed by atoms with van der Waals surface area (Å²) in [6.45, 7) is 0.267. The molecule has 0 aliphatic carbocycles. The van der Waals surface area contributed by atoms with E-state index in [2.05, 4.69) is 15.5 Å². The number of nitrogens with zero attached hydrogens (tertiary/aromatic N) is 2. The Morgan fingerprint density at radius 1 is 1.15 bits per heavy atom. The van der Waals surface area contributed by atoms with Gasteiger partial charge in [0.1, 0.15) is 5.75 Å². The molecule has 26 heavy (non-hydrogen) atoms. The monoisotopic (exact) mass is 353 g/mol. The summed E-state index contributed by atoms with van der Waals surface area (Å²) in [5, 5.41) is 10.7. The number of benzene rings is 2. The summed E-state index contributed by atoms with van der Waals surface area (Å²) in [6.07, 6.45) is 0. The lowest BCUT2D eigenvalue weighted by molar-refractivity contribution is 0.0947. The predicted octanol–water partition coefficient (Wildman–Crippen LogP) is 2.40. The Hall–Kier alpha value is -3.55. The lowest BCUT2D eigenvalue weighted by atomic mass is 10.2. The van der Waals surface area contributed by atoms with Crippen molar-refractivity contribution in [2.75, 3.05) is 13.9 Å². The number of para-hydroxylation sites is 1. The van der Waals surface area contributed by atoms with E-state index >= 15 is 0 Å². The van der Waals surface area contributed by atoms with Gasteiger partial charge >= 0.3 is 0 Å². The first-order valence-electron chi connectivity index (χ1n) is 7.88. The maximum absolute atomic E-state index is 12.3. The standard InChI is InChI=1S/C18H15N3O5/c1-23-13-5-3-2-4-12(13)18-21-20-16(26-18)9-19-17(22)11-6-7-14-15(8-11)25-10-24-14/h2-8H,9-10H2,1H3,(H,19,22). The zero-order valence-electron chi connectivity index (χ0n) is 13.9. The second-order valence-electron chi connectivity index (χ2n) is 5.45. The number of hydrogen-bond donors (Lipinski definition) is 1. The number of ether oxygens (including phenoxy) is 3. The minimum atomic E-state index is -0.277. The maximum atomic E-state index is 12.3. The van der Waals surface area contributed by atoms with Crippen LogP contribution in [0.3, 0.4) is 0 Å². The number of nitrogens with one attached hydrogen (secondary N) is 1. The van der Waals surface area contributed by atoms with E-state index in [1.807, 2.05) is 18.2 Å². The highest BCUT2D eigenvalue weighted by Gasteiger charge is 2.17. The first-order valence-corrected chi connectivity index (χ1v) is 7.88. The molecule has 0 fully saturated rings. The van der Waals surface area contributed by atoms with E-state index in [1.165, 1.54) is 0 Å². The first kappa shape index (κ1) is 15.9. The number of aromatic nitrogens is 2. The van der Waals surface area contributed by atoms with E-state index in [1.54, 1.807) is 31.4 Å². The van der Waals surface area contributed by atoms with Crippen LogP contribution in [0.15, 0.2) is 46.9 Å². The van der Waals surface area contributed by atoms with Crippen molar-refractivity contribution >= 4 is 5.91 Å². The van der Waals surface area contributed by atoms with Crippen molar-refractivity contribution in [3.05, 3.63) is 53.9 Å². The van der Waals surface area contributed by atoms with Crippen molar-refractivity contribution in [3.8, 4) is 28.7 Å². The predicted molar refractivity (Wildman–Crippen MR) is 90.0 cm³/mol. The molecule has 3 aromatic rings. The topological polar surface area (TPSA) is 95.7 Å². The van der Waals surface area contributed by atoms with Crippen LogP contribution >= 0.6 is 0 Å². The molecule has 0 saturated heterocycles. The first-order chi connectivity index (χ1) is 12.7. The number of rotatable bonds is 5. The zero-order valence-corrected chi connectivity index (χ0v) is 13.9. The molecule has 0 atom stereocenters. The minimum Gasteiger partial charge on any atom is -0.496 e. The fourth-order valence-corrected chi connectivity index (χ4v) is 2.55. The summed E-state index contributed by atoms with van der Waals surface area (Å²) in [6, 6.07) is 12.3. The Labute approximate surface area is 148 Å². The molecule has 8 nitrogen and oxygen atoms in total. The van der Waals surface area contributed by atoms with E-state index in [-0.39, 0.29) is 19.2 Å². The third kappa shape index (κ3) is 3.04. The summed E-state index contributed by atoms with van der Waals surface area (Å²) < 4.78 is 21.4. The van der Waals surface area contributed by atoms with Crippen LogP contribution in [-0.4, -0.2) is 30.0 Å². The molecular formula is C18H15N3O5. The largest absolute Gasteiger partial charge is 0.496 e. The number of methoxy groups -OCH3 is 1. The van der Waals surface area contributed by atoms with Crippen molar-refractivity contribution in [1.29, 1.82) is 0 Å². The SMILES string of the molecule is COc1ccccc1-c1nnc(CNC(=O)c2ccc3c(c2)OCO3)o1. The molecule has 1 aliphatic heterocycles. The molecule has 0 radical (unpaired) electrons. The van der Waals surface area contributed by atoms with Gasteiger partial charge in [0.05, 0.1) is 19.2 Å². The number of carbonyl (C=O) groups is 1. The average molecular weight is 353 g/mol. The lowest BCUT2D eigenvalue weighted by Crippen LogP contribution is -2.22. The lowest BCUT2D eigenvalue weighted by Gasteiger charge is -2.04. The van der Waals surface area contributed by atoms with Gasteiger partial charge in [-0.15, -0.1) is 10.2 Å². The molecular weight excluding hydrogens is 338 g/mol. The molecule has 132 valence electrons. The third-order valence-electron chi connectivity index (χ3n) is 3.84. The van der Waals surface area contributed by atoms with Gasteiger partial charge < -0.3 is 23.9 Å². The van der Waals surface area contributed by atoms with Crippen LogP contribution in [0.25, 0.3) is 11.5 Å². The van der Waals surface area contributed by atoms with Gasteiger partial charge in [0.25, 0.3) is 11.8 Å². The van der Waals surface area contributed by atoms with Crippen LogP contribution < -0.4 is 19.5 Å². The number of amides is 1. The van der Waals surface area contributed by atoms with Crippen molar-refractivity contribution in [2.24, 2.45) is 0 Å². The quantitative estimate of drug-likeness (QED) is 0.752. The van der Waals surface area contributed by atoms with Gasteiger partial charge in [-0.1, -0.05) is 12.1 Å². The van der Waals surface area contributed by atoms with Gasteiger partial charge in [-0.2, -0.15) is 0 Å². The van der Waals surface area contributed by atoms with Crippen molar-refractivity contribution in [2.45, 2.75) is 6.54 Å². The summed E-state index contributed by atoms with van der Waals surface area (Å²) in [7, 11) is 1.57. The molecule has 1 aromatic heterocycles. The molecule has 2 heterocycles. The Kier molecular flexibility index (Phi) is 4.14. The second-order valence-corrected chi connectivity index (χ2v) is 5.45. The Morgan fingerprint density at radius 2 is 2.00 bits per heavy atom. The second kappa shape index (κ2) is 6.75. The molecule has 4 rings (SSSR count). The maximum Gasteiger partial charge on any atom is 0.251 e. The Bertz CT molecular complexity index is 954. The van der Waals surface area contributed by atoms with Gasteiger partial charge in [0, 0.05) is 5.56 Å². The molecule has 2 aromatic carbocycles. The summed E-state index contributed by atoms with van der Waals surface area (Å²) in [4.78, 5) is 12.3. The van der Waals surface area contributed by atoms with Crippen molar-refractivity contribution in [1.82, 2.24) is 15.5 Å². The summed E-state index contributed by atoms with van der Waals surface area (Å²) >= 11 is 0. The van der Waals surface area contributed by atoms with Crippen LogP contribution in [0.5, 0.6) is 17.2 Å². The zero-order chi connectivity index (χ0) is 17.9. The third-order valence-corrected chi connectivity index (χ3v) is 3.84. The highest BCUT2D eigenvalue weighted by Crippen LogP contribution is 2.32.